The molecule has 6 heteroatoms. The molecule has 2 aromatic carbocycles. The van der Waals surface area contributed by atoms with Crippen molar-refractivity contribution in [1.29, 1.82) is 0 Å². The minimum absolute atomic E-state index is 0.193. The van der Waals surface area contributed by atoms with E-state index in [1.54, 1.807) is 12.1 Å². The maximum absolute atomic E-state index is 12.2. The first-order valence-electron chi connectivity index (χ1n) is 8.20. The van der Waals surface area contributed by atoms with Gasteiger partial charge in [-0.3, -0.25) is 0 Å². The number of rotatable bonds is 10. The fourth-order valence-electron chi connectivity index (χ4n) is 2.30. The van der Waals surface area contributed by atoms with E-state index in [9.17, 15) is 13.2 Å². The van der Waals surface area contributed by atoms with Gasteiger partial charge in [-0.2, -0.15) is 0 Å². The fraction of sp³-hybridized carbons (Fsp3) is 0.368. The lowest BCUT2D eigenvalue weighted by atomic mass is 10.2. The van der Waals surface area contributed by atoms with Gasteiger partial charge >= 0.3 is 6.36 Å². The van der Waals surface area contributed by atoms with E-state index in [2.05, 4.69) is 10.1 Å². The van der Waals surface area contributed by atoms with Crippen molar-refractivity contribution in [3.63, 3.8) is 0 Å². The van der Waals surface area contributed by atoms with Crippen LogP contribution in [0.15, 0.2) is 54.6 Å². The Bertz CT molecular complexity index is 618. The van der Waals surface area contributed by atoms with Gasteiger partial charge in [0.2, 0.25) is 0 Å². The van der Waals surface area contributed by atoms with E-state index in [0.29, 0.717) is 19.8 Å². The quantitative estimate of drug-likeness (QED) is 0.630. The van der Waals surface area contributed by atoms with Crippen LogP contribution in [-0.2, 0) is 17.9 Å². The minimum atomic E-state index is -4.66. The summed E-state index contributed by atoms with van der Waals surface area (Å²) in [5, 5.41) is 3.21. The molecule has 0 saturated carbocycles. The monoisotopic (exact) mass is 353 g/mol. The molecule has 1 N–H and O–H groups in total. The van der Waals surface area contributed by atoms with Crippen molar-refractivity contribution in [2.75, 3.05) is 13.2 Å². The number of unbranched alkanes of at least 4 members (excludes halogenated alkanes) is 1. The van der Waals surface area contributed by atoms with Gasteiger partial charge in [-0.25, -0.2) is 0 Å². The van der Waals surface area contributed by atoms with Crippen LogP contribution in [0.4, 0.5) is 13.2 Å². The van der Waals surface area contributed by atoms with Crippen LogP contribution in [0.2, 0.25) is 0 Å². The van der Waals surface area contributed by atoms with Crippen LogP contribution in [-0.4, -0.2) is 19.5 Å². The zero-order chi connectivity index (χ0) is 18.0. The van der Waals surface area contributed by atoms with Crippen molar-refractivity contribution >= 4 is 0 Å². The van der Waals surface area contributed by atoms with Gasteiger partial charge in [0, 0.05) is 13.2 Å². The second kappa shape index (κ2) is 10.1. The zero-order valence-electron chi connectivity index (χ0n) is 13.9. The largest absolute Gasteiger partial charge is 0.573 e. The SMILES string of the molecule is FC(F)(F)Oc1cccc(CNCCCCOCc2ccccc2)c1. The molecule has 0 fully saturated rings. The standard InChI is InChI=1S/C19H22F3NO2/c20-19(21,22)25-18-10-6-9-17(13-18)14-23-11-4-5-12-24-15-16-7-2-1-3-8-16/h1-3,6-10,13,23H,4-5,11-12,14-15H2. The normalized spacial score (nSPS) is 11.5. The van der Waals surface area contributed by atoms with Crippen molar-refractivity contribution < 1.29 is 22.6 Å². The lowest BCUT2D eigenvalue weighted by molar-refractivity contribution is -0.274. The predicted octanol–water partition coefficient (Wildman–Crippen LogP) is 4.67. The summed E-state index contributed by atoms with van der Waals surface area (Å²) >= 11 is 0. The summed E-state index contributed by atoms with van der Waals surface area (Å²) in [5.41, 5.74) is 1.91. The molecule has 0 spiro atoms. The van der Waals surface area contributed by atoms with Crippen molar-refractivity contribution in [3.05, 3.63) is 65.7 Å². The Morgan fingerprint density at radius 3 is 2.40 bits per heavy atom. The van der Waals surface area contributed by atoms with Crippen molar-refractivity contribution in [2.24, 2.45) is 0 Å². The molecular weight excluding hydrogens is 331 g/mol. The molecule has 2 aromatic rings. The molecule has 0 aliphatic heterocycles. The summed E-state index contributed by atoms with van der Waals surface area (Å²) in [5.74, 6) is -0.193. The van der Waals surface area contributed by atoms with Gasteiger partial charge < -0.3 is 14.8 Å². The van der Waals surface area contributed by atoms with Gasteiger partial charge in [0.1, 0.15) is 5.75 Å². The van der Waals surface area contributed by atoms with Crippen molar-refractivity contribution in [1.82, 2.24) is 5.32 Å². The molecular formula is C19H22F3NO2. The Labute approximate surface area is 145 Å². The molecule has 0 unspecified atom stereocenters. The topological polar surface area (TPSA) is 30.5 Å². The first kappa shape index (κ1) is 19.3. The van der Waals surface area contributed by atoms with E-state index in [1.807, 2.05) is 30.3 Å². The molecule has 0 heterocycles. The molecule has 0 atom stereocenters. The van der Waals surface area contributed by atoms with Crippen molar-refractivity contribution in [2.45, 2.75) is 32.4 Å². The first-order valence-corrected chi connectivity index (χ1v) is 8.20. The van der Waals surface area contributed by atoms with Gasteiger partial charge in [0.25, 0.3) is 0 Å². The molecule has 0 aliphatic rings. The molecule has 0 aromatic heterocycles. The van der Waals surface area contributed by atoms with Crippen molar-refractivity contribution in [3.8, 4) is 5.75 Å². The van der Waals surface area contributed by atoms with E-state index < -0.39 is 6.36 Å². The third-order valence-corrected chi connectivity index (χ3v) is 3.46. The Morgan fingerprint density at radius 1 is 0.880 bits per heavy atom. The highest BCUT2D eigenvalue weighted by Gasteiger charge is 2.31. The molecule has 0 aliphatic carbocycles. The fourth-order valence-corrected chi connectivity index (χ4v) is 2.30. The molecule has 136 valence electrons. The Kier molecular flexibility index (Phi) is 7.76. The third kappa shape index (κ3) is 8.56. The summed E-state index contributed by atoms with van der Waals surface area (Å²) in [6.45, 7) is 2.57. The minimum Gasteiger partial charge on any atom is -0.406 e. The van der Waals surface area contributed by atoms with Crippen LogP contribution in [0.25, 0.3) is 0 Å². The van der Waals surface area contributed by atoms with Gasteiger partial charge in [-0.15, -0.1) is 13.2 Å². The lowest BCUT2D eigenvalue weighted by Crippen LogP contribution is -2.18. The molecule has 3 nitrogen and oxygen atoms in total. The van der Waals surface area contributed by atoms with E-state index >= 15 is 0 Å². The summed E-state index contributed by atoms with van der Waals surface area (Å²) < 4.78 is 46.1. The van der Waals surface area contributed by atoms with Gasteiger partial charge in [-0.05, 0) is 42.6 Å². The zero-order valence-corrected chi connectivity index (χ0v) is 13.9. The number of alkyl halides is 3. The van der Waals surface area contributed by atoms with Crippen LogP contribution in [0, 0.1) is 0 Å². The first-order chi connectivity index (χ1) is 12.0. The van der Waals surface area contributed by atoms with Crippen LogP contribution in [0.1, 0.15) is 24.0 Å². The number of halogens is 3. The Balaban J connectivity index is 1.55. The number of nitrogens with one attached hydrogen (secondary N) is 1. The van der Waals surface area contributed by atoms with E-state index in [4.69, 9.17) is 4.74 Å². The van der Waals surface area contributed by atoms with Crippen LogP contribution < -0.4 is 10.1 Å². The average molecular weight is 353 g/mol. The Hall–Kier alpha value is -2.05. The molecule has 0 radical (unpaired) electrons. The summed E-state index contributed by atoms with van der Waals surface area (Å²) in [6, 6.07) is 16.0. The van der Waals surface area contributed by atoms with Crippen LogP contribution >= 0.6 is 0 Å². The lowest BCUT2D eigenvalue weighted by Gasteiger charge is -2.10. The van der Waals surface area contributed by atoms with Crippen LogP contribution in [0.3, 0.4) is 0 Å². The maximum atomic E-state index is 12.2. The Morgan fingerprint density at radius 2 is 1.64 bits per heavy atom. The number of benzene rings is 2. The number of ether oxygens (including phenoxy) is 2. The molecule has 0 saturated heterocycles. The smallest absolute Gasteiger partial charge is 0.406 e. The molecule has 25 heavy (non-hydrogen) atoms. The molecule has 0 bridgehead atoms. The van der Waals surface area contributed by atoms with E-state index in [-0.39, 0.29) is 5.75 Å². The number of hydrogen-bond donors (Lipinski definition) is 1. The summed E-state index contributed by atoms with van der Waals surface area (Å²) in [7, 11) is 0. The third-order valence-electron chi connectivity index (χ3n) is 3.46. The predicted molar refractivity (Wildman–Crippen MR) is 90.2 cm³/mol. The van der Waals surface area contributed by atoms with Gasteiger partial charge in [0.05, 0.1) is 6.61 Å². The molecule has 0 amide bonds. The second-order valence-corrected chi connectivity index (χ2v) is 5.62. The highest BCUT2D eigenvalue weighted by molar-refractivity contribution is 5.28. The molecule has 2 rings (SSSR count). The van der Waals surface area contributed by atoms with Crippen LogP contribution in [0.5, 0.6) is 5.75 Å². The summed E-state index contributed by atoms with van der Waals surface area (Å²) in [6.07, 6.45) is -2.80. The highest BCUT2D eigenvalue weighted by atomic mass is 19.4. The second-order valence-electron chi connectivity index (χ2n) is 5.62. The average Bonchev–Trinajstić information content (AvgIpc) is 2.57. The number of hydrogen-bond acceptors (Lipinski definition) is 3. The highest BCUT2D eigenvalue weighted by Crippen LogP contribution is 2.23. The van der Waals surface area contributed by atoms with Gasteiger partial charge in [-0.1, -0.05) is 42.5 Å². The van der Waals surface area contributed by atoms with E-state index in [0.717, 1.165) is 30.5 Å². The maximum Gasteiger partial charge on any atom is 0.573 e. The van der Waals surface area contributed by atoms with Gasteiger partial charge in [0.15, 0.2) is 0 Å². The van der Waals surface area contributed by atoms with E-state index in [1.165, 1.54) is 12.1 Å². The summed E-state index contributed by atoms with van der Waals surface area (Å²) in [4.78, 5) is 0.